The summed E-state index contributed by atoms with van der Waals surface area (Å²) in [5.74, 6) is -0.119. The van der Waals surface area contributed by atoms with Crippen LogP contribution in [0.2, 0.25) is 0 Å². The van der Waals surface area contributed by atoms with Crippen LogP contribution < -0.4 is 5.56 Å². The molecule has 1 aliphatic heterocycles. The average molecular weight is 258 g/mol. The summed E-state index contributed by atoms with van der Waals surface area (Å²) in [6, 6.07) is 9.21. The zero-order valence-electron chi connectivity index (χ0n) is 10.3. The van der Waals surface area contributed by atoms with Crippen molar-refractivity contribution in [2.75, 3.05) is 13.1 Å². The van der Waals surface area contributed by atoms with Gasteiger partial charge >= 0.3 is 0 Å². The number of rotatable bonds is 2. The number of β-amino-alcohol motifs (C(OH)–C–C–N with tert-alkyl or cyclic N) is 1. The molecule has 0 bridgehead atoms. The summed E-state index contributed by atoms with van der Waals surface area (Å²) in [5.41, 5.74) is 1.00. The van der Waals surface area contributed by atoms with Gasteiger partial charge in [0.25, 0.3) is 5.56 Å². The van der Waals surface area contributed by atoms with Gasteiger partial charge < -0.3 is 15.0 Å². The number of H-pyrrole nitrogens is 1. The molecule has 2 heterocycles. The van der Waals surface area contributed by atoms with E-state index >= 15 is 0 Å². The Morgan fingerprint density at radius 1 is 1.37 bits per heavy atom. The first-order valence-corrected chi connectivity index (χ1v) is 6.20. The first-order valence-electron chi connectivity index (χ1n) is 6.20. The second-order valence-corrected chi connectivity index (χ2v) is 4.84. The molecule has 0 unspecified atom stereocenters. The molecule has 0 radical (unpaired) electrons. The van der Waals surface area contributed by atoms with E-state index in [2.05, 4.69) is 4.98 Å². The standard InChI is InChI=1S/C14H14N2O3/c17-11-7-16(8-11)13(18)6-10-5-9-3-1-2-4-12(9)15-14(10)19/h1-5,11,17H,6-8H2,(H,15,19). The molecule has 0 spiro atoms. The molecule has 1 saturated heterocycles. The number of aromatic nitrogens is 1. The first kappa shape index (κ1) is 11.9. The fourth-order valence-electron chi connectivity index (χ4n) is 2.26. The van der Waals surface area contributed by atoms with Crippen LogP contribution in [0.1, 0.15) is 5.56 Å². The van der Waals surface area contributed by atoms with Gasteiger partial charge in [-0.25, -0.2) is 0 Å². The van der Waals surface area contributed by atoms with E-state index in [-0.39, 0.29) is 17.9 Å². The minimum Gasteiger partial charge on any atom is -0.389 e. The Balaban J connectivity index is 1.86. The Kier molecular flexibility index (Phi) is 2.83. The number of nitrogens with zero attached hydrogens (tertiary/aromatic N) is 1. The quantitative estimate of drug-likeness (QED) is 0.812. The maximum absolute atomic E-state index is 11.9. The number of para-hydroxylation sites is 1. The summed E-state index contributed by atoms with van der Waals surface area (Å²) in [5, 5.41) is 10.1. The highest BCUT2D eigenvalue weighted by Gasteiger charge is 2.28. The lowest BCUT2D eigenvalue weighted by Gasteiger charge is -2.35. The van der Waals surface area contributed by atoms with Crippen molar-refractivity contribution >= 4 is 16.8 Å². The topological polar surface area (TPSA) is 73.4 Å². The lowest BCUT2D eigenvalue weighted by atomic mass is 10.1. The highest BCUT2D eigenvalue weighted by Crippen LogP contribution is 2.13. The molecule has 19 heavy (non-hydrogen) atoms. The van der Waals surface area contributed by atoms with Gasteiger partial charge in [-0.1, -0.05) is 18.2 Å². The van der Waals surface area contributed by atoms with E-state index in [0.717, 1.165) is 10.9 Å². The van der Waals surface area contributed by atoms with Crippen molar-refractivity contribution in [2.45, 2.75) is 12.5 Å². The number of hydrogen-bond acceptors (Lipinski definition) is 3. The Morgan fingerprint density at radius 3 is 2.84 bits per heavy atom. The monoisotopic (exact) mass is 258 g/mol. The molecule has 1 aromatic carbocycles. The van der Waals surface area contributed by atoms with Gasteiger partial charge in [0.2, 0.25) is 5.91 Å². The largest absolute Gasteiger partial charge is 0.389 e. The second-order valence-electron chi connectivity index (χ2n) is 4.84. The number of amides is 1. The van der Waals surface area contributed by atoms with Crippen molar-refractivity contribution in [3.8, 4) is 0 Å². The summed E-state index contributed by atoms with van der Waals surface area (Å²) in [7, 11) is 0. The lowest BCUT2D eigenvalue weighted by molar-refractivity contribution is -0.140. The Hall–Kier alpha value is -2.14. The highest BCUT2D eigenvalue weighted by molar-refractivity contribution is 5.83. The number of fused-ring (bicyclic) bond motifs is 1. The lowest BCUT2D eigenvalue weighted by Crippen LogP contribution is -2.54. The predicted octanol–water partition coefficient (Wildman–Crippen LogP) is 0.274. The molecule has 2 N–H and O–H groups in total. The molecule has 0 aliphatic carbocycles. The van der Waals surface area contributed by atoms with Gasteiger partial charge in [0.15, 0.2) is 0 Å². The van der Waals surface area contributed by atoms with E-state index in [1.165, 1.54) is 0 Å². The number of benzene rings is 1. The predicted molar refractivity (Wildman–Crippen MR) is 70.9 cm³/mol. The van der Waals surface area contributed by atoms with Crippen molar-refractivity contribution in [1.29, 1.82) is 0 Å². The summed E-state index contributed by atoms with van der Waals surface area (Å²) < 4.78 is 0. The maximum atomic E-state index is 11.9. The molecule has 1 fully saturated rings. The van der Waals surface area contributed by atoms with Crippen molar-refractivity contribution < 1.29 is 9.90 Å². The van der Waals surface area contributed by atoms with Crippen molar-refractivity contribution in [3.05, 3.63) is 46.2 Å². The van der Waals surface area contributed by atoms with Crippen LogP contribution in [0.5, 0.6) is 0 Å². The van der Waals surface area contributed by atoms with E-state index in [4.69, 9.17) is 5.11 Å². The van der Waals surface area contributed by atoms with Gasteiger partial charge in [-0.05, 0) is 17.5 Å². The van der Waals surface area contributed by atoms with Crippen LogP contribution in [-0.4, -0.2) is 40.1 Å². The van der Waals surface area contributed by atoms with E-state index in [0.29, 0.717) is 18.7 Å². The minimum atomic E-state index is -0.418. The number of hydrogen-bond donors (Lipinski definition) is 2. The Bertz CT molecular complexity index is 686. The summed E-state index contributed by atoms with van der Waals surface area (Å²) in [6.45, 7) is 0.731. The molecule has 1 amide bonds. The first-order chi connectivity index (χ1) is 9.13. The normalized spacial score (nSPS) is 15.5. The summed E-state index contributed by atoms with van der Waals surface area (Å²) in [6.07, 6.45) is -0.341. The molecule has 98 valence electrons. The molecule has 3 rings (SSSR count). The van der Waals surface area contributed by atoms with Crippen LogP contribution in [0.25, 0.3) is 10.9 Å². The Morgan fingerprint density at radius 2 is 2.11 bits per heavy atom. The number of pyridine rings is 1. The average Bonchev–Trinajstić information content (AvgIpc) is 2.36. The van der Waals surface area contributed by atoms with Crippen LogP contribution in [0.3, 0.4) is 0 Å². The van der Waals surface area contributed by atoms with Gasteiger partial charge in [-0.2, -0.15) is 0 Å². The smallest absolute Gasteiger partial charge is 0.252 e. The fourth-order valence-corrected chi connectivity index (χ4v) is 2.26. The molecular weight excluding hydrogens is 244 g/mol. The third-order valence-electron chi connectivity index (χ3n) is 3.39. The third-order valence-corrected chi connectivity index (χ3v) is 3.39. The van der Waals surface area contributed by atoms with Crippen LogP contribution in [0.15, 0.2) is 35.1 Å². The molecule has 0 saturated carbocycles. The number of nitrogens with one attached hydrogen (secondary N) is 1. The Labute approximate surface area is 109 Å². The van der Waals surface area contributed by atoms with Gasteiger partial charge in [-0.3, -0.25) is 9.59 Å². The highest BCUT2D eigenvalue weighted by atomic mass is 16.3. The zero-order valence-corrected chi connectivity index (χ0v) is 10.3. The number of carbonyl (C=O) groups is 1. The van der Waals surface area contributed by atoms with Crippen molar-refractivity contribution in [2.24, 2.45) is 0 Å². The maximum Gasteiger partial charge on any atom is 0.252 e. The van der Waals surface area contributed by atoms with E-state index in [9.17, 15) is 9.59 Å². The van der Waals surface area contributed by atoms with Gasteiger partial charge in [0, 0.05) is 24.2 Å². The second kappa shape index (κ2) is 4.51. The van der Waals surface area contributed by atoms with E-state index < -0.39 is 6.10 Å². The molecule has 5 heteroatoms. The third kappa shape index (κ3) is 2.24. The SMILES string of the molecule is O=C(Cc1cc2ccccc2[nH]c1=O)N1CC(O)C1. The number of aromatic amines is 1. The van der Waals surface area contributed by atoms with Gasteiger partial charge in [0.1, 0.15) is 0 Å². The van der Waals surface area contributed by atoms with Crippen LogP contribution in [0.4, 0.5) is 0 Å². The summed E-state index contributed by atoms with van der Waals surface area (Å²) in [4.78, 5) is 28.1. The molecular formula is C14H14N2O3. The molecule has 5 nitrogen and oxygen atoms in total. The number of carbonyl (C=O) groups excluding carboxylic acids is 1. The van der Waals surface area contributed by atoms with Crippen LogP contribution in [-0.2, 0) is 11.2 Å². The fraction of sp³-hybridized carbons (Fsp3) is 0.286. The molecule has 1 aliphatic rings. The molecule has 0 atom stereocenters. The summed E-state index contributed by atoms with van der Waals surface area (Å²) >= 11 is 0. The van der Waals surface area contributed by atoms with Gasteiger partial charge in [-0.15, -0.1) is 0 Å². The number of aliphatic hydroxyl groups is 1. The zero-order chi connectivity index (χ0) is 13.4. The van der Waals surface area contributed by atoms with Gasteiger partial charge in [0.05, 0.1) is 12.5 Å². The van der Waals surface area contributed by atoms with Crippen molar-refractivity contribution in [3.63, 3.8) is 0 Å². The molecule has 2 aromatic rings. The van der Waals surface area contributed by atoms with Crippen LogP contribution >= 0.6 is 0 Å². The number of aliphatic hydroxyl groups excluding tert-OH is 1. The minimum absolute atomic E-state index is 0.0763. The number of likely N-dealkylation sites (tertiary alicyclic amines) is 1. The van der Waals surface area contributed by atoms with Crippen molar-refractivity contribution in [1.82, 2.24) is 9.88 Å². The van der Waals surface area contributed by atoms with E-state index in [1.807, 2.05) is 24.3 Å². The van der Waals surface area contributed by atoms with E-state index in [1.54, 1.807) is 11.0 Å². The molecule has 1 aromatic heterocycles. The van der Waals surface area contributed by atoms with Crippen LogP contribution in [0, 0.1) is 0 Å².